The lowest BCUT2D eigenvalue weighted by atomic mass is 10.0. The van der Waals surface area contributed by atoms with Crippen LogP contribution in [0.15, 0.2) is 18.2 Å². The Morgan fingerprint density at radius 1 is 1.47 bits per heavy atom. The Labute approximate surface area is 95.9 Å². The monoisotopic (exact) mass is 229 g/mol. The van der Waals surface area contributed by atoms with Crippen LogP contribution in [-0.2, 0) is 4.74 Å². The van der Waals surface area contributed by atoms with Crippen molar-refractivity contribution in [3.05, 3.63) is 29.3 Å². The maximum atomic E-state index is 9.69. The van der Waals surface area contributed by atoms with Gasteiger partial charge in [-0.05, 0) is 13.0 Å². The highest BCUT2D eigenvalue weighted by molar-refractivity contribution is 5.85. The molecule has 1 heterocycles. The maximum Gasteiger partial charge on any atom is 0.120 e. The van der Waals surface area contributed by atoms with Crippen molar-refractivity contribution in [2.75, 3.05) is 19.8 Å². The minimum Gasteiger partial charge on any atom is -0.508 e. The Balaban J connectivity index is 0.00000112. The lowest BCUT2D eigenvalue weighted by Gasteiger charge is -2.24. The molecule has 0 bridgehead atoms. The number of aromatic hydroxyl groups is 1. The predicted molar refractivity (Wildman–Crippen MR) is 61.7 cm³/mol. The molecule has 84 valence electrons. The first-order valence-electron chi connectivity index (χ1n) is 4.88. The fourth-order valence-electron chi connectivity index (χ4n) is 1.72. The van der Waals surface area contributed by atoms with Crippen molar-refractivity contribution >= 4 is 12.4 Å². The van der Waals surface area contributed by atoms with Gasteiger partial charge in [0, 0.05) is 12.1 Å². The summed E-state index contributed by atoms with van der Waals surface area (Å²) in [7, 11) is 0. The molecule has 1 aliphatic heterocycles. The summed E-state index contributed by atoms with van der Waals surface area (Å²) in [6.45, 7) is 4.25. The molecular formula is C11H16ClNO2. The Kier molecular flexibility index (Phi) is 4.39. The zero-order chi connectivity index (χ0) is 9.97. The Hall–Kier alpha value is -0.770. The van der Waals surface area contributed by atoms with Gasteiger partial charge in [-0.1, -0.05) is 17.7 Å². The summed E-state index contributed by atoms with van der Waals surface area (Å²) < 4.78 is 5.36. The van der Waals surface area contributed by atoms with Crippen LogP contribution in [0.5, 0.6) is 5.75 Å². The van der Waals surface area contributed by atoms with Gasteiger partial charge in [-0.15, -0.1) is 12.4 Å². The number of hydrogen-bond donors (Lipinski definition) is 2. The van der Waals surface area contributed by atoms with Gasteiger partial charge in [-0.2, -0.15) is 0 Å². The molecule has 2 N–H and O–H groups in total. The summed E-state index contributed by atoms with van der Waals surface area (Å²) in [5, 5.41) is 13.0. The van der Waals surface area contributed by atoms with Gasteiger partial charge in [0.2, 0.25) is 0 Å². The zero-order valence-electron chi connectivity index (χ0n) is 8.69. The molecule has 0 spiro atoms. The Morgan fingerprint density at radius 2 is 2.27 bits per heavy atom. The van der Waals surface area contributed by atoms with E-state index in [1.165, 1.54) is 0 Å². The summed E-state index contributed by atoms with van der Waals surface area (Å²) >= 11 is 0. The summed E-state index contributed by atoms with van der Waals surface area (Å²) in [5.74, 6) is 0.346. The van der Waals surface area contributed by atoms with Gasteiger partial charge in [0.25, 0.3) is 0 Å². The summed E-state index contributed by atoms with van der Waals surface area (Å²) in [6.07, 6.45) is 0. The van der Waals surface area contributed by atoms with Crippen LogP contribution in [0.4, 0.5) is 0 Å². The molecule has 1 aliphatic rings. The molecule has 1 saturated heterocycles. The molecule has 4 heteroatoms. The summed E-state index contributed by atoms with van der Waals surface area (Å²) in [5.41, 5.74) is 2.09. The van der Waals surface area contributed by atoms with Gasteiger partial charge in [0.1, 0.15) is 5.75 Å². The molecule has 1 aromatic carbocycles. The molecule has 0 saturated carbocycles. The number of morpholine rings is 1. The van der Waals surface area contributed by atoms with Crippen LogP contribution in [-0.4, -0.2) is 24.9 Å². The van der Waals surface area contributed by atoms with E-state index in [2.05, 4.69) is 5.32 Å². The first-order chi connectivity index (χ1) is 6.77. The van der Waals surface area contributed by atoms with Crippen molar-refractivity contribution in [2.45, 2.75) is 13.0 Å². The topological polar surface area (TPSA) is 41.5 Å². The van der Waals surface area contributed by atoms with E-state index in [4.69, 9.17) is 4.74 Å². The fourth-order valence-corrected chi connectivity index (χ4v) is 1.72. The third-order valence-corrected chi connectivity index (χ3v) is 2.48. The molecule has 0 amide bonds. The van der Waals surface area contributed by atoms with E-state index < -0.39 is 0 Å². The van der Waals surface area contributed by atoms with Gasteiger partial charge >= 0.3 is 0 Å². The Bertz CT molecular complexity index is 324. The number of rotatable bonds is 1. The smallest absolute Gasteiger partial charge is 0.120 e. The second-order valence-corrected chi connectivity index (χ2v) is 3.64. The van der Waals surface area contributed by atoms with Crippen LogP contribution in [0.25, 0.3) is 0 Å². The van der Waals surface area contributed by atoms with Crippen LogP contribution in [0.3, 0.4) is 0 Å². The lowest BCUT2D eigenvalue weighted by molar-refractivity contribution is 0.0761. The molecular weight excluding hydrogens is 214 g/mol. The van der Waals surface area contributed by atoms with Crippen LogP contribution in [0.2, 0.25) is 0 Å². The second-order valence-electron chi connectivity index (χ2n) is 3.64. The van der Waals surface area contributed by atoms with Crippen LogP contribution in [0, 0.1) is 6.92 Å². The van der Waals surface area contributed by atoms with E-state index in [0.29, 0.717) is 12.4 Å². The lowest BCUT2D eigenvalue weighted by Crippen LogP contribution is -2.34. The quantitative estimate of drug-likeness (QED) is 0.772. The molecule has 0 unspecified atom stereocenters. The Morgan fingerprint density at radius 3 is 2.93 bits per heavy atom. The molecule has 1 atom stereocenters. The molecule has 15 heavy (non-hydrogen) atoms. The van der Waals surface area contributed by atoms with Crippen molar-refractivity contribution in [1.29, 1.82) is 0 Å². The molecule has 3 nitrogen and oxygen atoms in total. The zero-order valence-corrected chi connectivity index (χ0v) is 9.51. The fraction of sp³-hybridized carbons (Fsp3) is 0.455. The summed E-state index contributed by atoms with van der Waals surface area (Å²) in [6, 6.07) is 5.77. The second kappa shape index (κ2) is 5.35. The number of hydrogen-bond acceptors (Lipinski definition) is 3. The normalized spacial score (nSPS) is 20.7. The van der Waals surface area contributed by atoms with Gasteiger partial charge < -0.3 is 15.2 Å². The van der Waals surface area contributed by atoms with Crippen molar-refractivity contribution in [3.8, 4) is 5.75 Å². The number of aryl methyl sites for hydroxylation is 1. The number of phenols is 1. The minimum atomic E-state index is 0. The van der Waals surface area contributed by atoms with E-state index in [1.807, 2.05) is 19.1 Å². The number of nitrogens with one attached hydrogen (secondary N) is 1. The van der Waals surface area contributed by atoms with Crippen molar-refractivity contribution < 1.29 is 9.84 Å². The largest absolute Gasteiger partial charge is 0.508 e. The number of benzene rings is 1. The van der Waals surface area contributed by atoms with Gasteiger partial charge in [-0.25, -0.2) is 0 Å². The van der Waals surface area contributed by atoms with Crippen molar-refractivity contribution in [2.24, 2.45) is 0 Å². The third-order valence-electron chi connectivity index (χ3n) is 2.48. The number of ether oxygens (including phenoxy) is 1. The van der Waals surface area contributed by atoms with Gasteiger partial charge in [-0.3, -0.25) is 0 Å². The number of halogens is 1. The highest BCUT2D eigenvalue weighted by Crippen LogP contribution is 2.26. The van der Waals surface area contributed by atoms with E-state index >= 15 is 0 Å². The van der Waals surface area contributed by atoms with Crippen LogP contribution in [0.1, 0.15) is 17.2 Å². The van der Waals surface area contributed by atoms with Crippen molar-refractivity contribution in [1.82, 2.24) is 5.32 Å². The average molecular weight is 230 g/mol. The first kappa shape index (κ1) is 12.3. The molecule has 1 fully saturated rings. The van der Waals surface area contributed by atoms with E-state index in [1.54, 1.807) is 6.07 Å². The molecule has 2 rings (SSSR count). The van der Waals surface area contributed by atoms with Crippen LogP contribution < -0.4 is 5.32 Å². The molecule has 1 aromatic rings. The highest BCUT2D eigenvalue weighted by Gasteiger charge is 2.18. The van der Waals surface area contributed by atoms with Gasteiger partial charge in [0.05, 0.1) is 19.3 Å². The van der Waals surface area contributed by atoms with E-state index in [0.717, 1.165) is 24.3 Å². The third kappa shape index (κ3) is 2.84. The van der Waals surface area contributed by atoms with Gasteiger partial charge in [0.15, 0.2) is 0 Å². The minimum absolute atomic E-state index is 0. The van der Waals surface area contributed by atoms with E-state index in [9.17, 15) is 5.11 Å². The highest BCUT2D eigenvalue weighted by atomic mass is 35.5. The number of phenolic OH excluding ortho intramolecular Hbond substituents is 1. The molecule has 0 aromatic heterocycles. The average Bonchev–Trinajstić information content (AvgIpc) is 2.23. The first-order valence-corrected chi connectivity index (χ1v) is 4.88. The molecule has 0 aliphatic carbocycles. The van der Waals surface area contributed by atoms with Crippen molar-refractivity contribution in [3.63, 3.8) is 0 Å². The predicted octanol–water partition coefficient (Wildman–Crippen LogP) is 1.78. The standard InChI is InChI=1S/C11H15NO2.ClH/c1-8-2-3-11(13)9(6-8)10-7-14-5-4-12-10;/h2-3,6,10,12-13H,4-5,7H2,1H3;1H/t10-;/m1./s1. The summed E-state index contributed by atoms with van der Waals surface area (Å²) in [4.78, 5) is 0. The SMILES string of the molecule is Cc1ccc(O)c([C@H]2COCCN2)c1.Cl. The van der Waals surface area contributed by atoms with E-state index in [-0.39, 0.29) is 18.4 Å². The molecule has 0 radical (unpaired) electrons. The maximum absolute atomic E-state index is 9.69. The van der Waals surface area contributed by atoms with Crippen LogP contribution >= 0.6 is 12.4 Å².